The molecule has 1 saturated heterocycles. The maximum Gasteiger partial charge on any atom is 0.331 e. The zero-order valence-electron chi connectivity index (χ0n) is 13.0. The van der Waals surface area contributed by atoms with Gasteiger partial charge in [-0.1, -0.05) is 0 Å². The summed E-state index contributed by atoms with van der Waals surface area (Å²) in [5.41, 5.74) is -0.856. The second kappa shape index (κ2) is 6.23. The number of aromatic nitrogens is 4. The molecular formula is C15H19N5O3. The van der Waals surface area contributed by atoms with E-state index in [1.54, 1.807) is 11.1 Å². The van der Waals surface area contributed by atoms with Crippen molar-refractivity contribution in [3.05, 3.63) is 51.6 Å². The maximum atomic E-state index is 12.6. The van der Waals surface area contributed by atoms with Crippen LogP contribution in [0.5, 0.6) is 0 Å². The molecule has 0 radical (unpaired) electrons. The minimum absolute atomic E-state index is 0.0530. The maximum absolute atomic E-state index is 12.6. The molecule has 1 atom stereocenters. The van der Waals surface area contributed by atoms with Crippen LogP contribution in [0.25, 0.3) is 0 Å². The molecule has 2 aromatic rings. The van der Waals surface area contributed by atoms with Gasteiger partial charge in [0.05, 0.1) is 12.6 Å². The summed E-state index contributed by atoms with van der Waals surface area (Å²) >= 11 is 0. The largest absolute Gasteiger partial charge is 0.336 e. The van der Waals surface area contributed by atoms with Gasteiger partial charge in [0.25, 0.3) is 5.56 Å². The number of nitrogens with zero attached hydrogens (tertiary/aromatic N) is 5. The molecule has 0 spiro atoms. The van der Waals surface area contributed by atoms with Crippen molar-refractivity contribution in [2.45, 2.75) is 32.0 Å². The topological polar surface area (TPSA) is 82.1 Å². The first-order valence-electron chi connectivity index (χ1n) is 7.59. The number of likely N-dealkylation sites (tertiary alicyclic amines) is 1. The van der Waals surface area contributed by atoms with E-state index in [0.29, 0.717) is 13.1 Å². The van der Waals surface area contributed by atoms with Gasteiger partial charge in [-0.3, -0.25) is 23.4 Å². The number of carbonyl (C=O) groups excluding carboxylic acids is 1. The Kier molecular flexibility index (Phi) is 4.14. The molecule has 8 heteroatoms. The van der Waals surface area contributed by atoms with Crippen molar-refractivity contribution in [3.63, 3.8) is 0 Å². The van der Waals surface area contributed by atoms with Crippen molar-refractivity contribution in [1.82, 2.24) is 23.8 Å². The molecule has 8 nitrogen and oxygen atoms in total. The van der Waals surface area contributed by atoms with Crippen LogP contribution in [0, 0.1) is 0 Å². The highest BCUT2D eigenvalue weighted by molar-refractivity contribution is 5.76. The van der Waals surface area contributed by atoms with Crippen molar-refractivity contribution in [2.24, 2.45) is 7.05 Å². The summed E-state index contributed by atoms with van der Waals surface area (Å²) in [6.45, 7) is 1.29. The minimum Gasteiger partial charge on any atom is -0.336 e. The molecule has 0 bridgehead atoms. The molecule has 0 aromatic carbocycles. The van der Waals surface area contributed by atoms with Crippen LogP contribution in [-0.4, -0.2) is 42.3 Å². The fourth-order valence-corrected chi connectivity index (χ4v) is 2.95. The fourth-order valence-electron chi connectivity index (χ4n) is 2.95. The number of carbonyl (C=O) groups is 1. The summed E-state index contributed by atoms with van der Waals surface area (Å²) in [6.07, 6.45) is 6.83. The minimum atomic E-state index is -0.478. The smallest absolute Gasteiger partial charge is 0.331 e. The van der Waals surface area contributed by atoms with Gasteiger partial charge in [0.2, 0.25) is 5.91 Å². The fraction of sp³-hybridized carbons (Fsp3) is 0.467. The molecule has 1 aliphatic heterocycles. The van der Waals surface area contributed by atoms with Crippen molar-refractivity contribution in [3.8, 4) is 0 Å². The van der Waals surface area contributed by atoms with E-state index in [4.69, 9.17) is 0 Å². The van der Waals surface area contributed by atoms with Crippen molar-refractivity contribution < 1.29 is 4.79 Å². The quantitative estimate of drug-likeness (QED) is 0.756. The van der Waals surface area contributed by atoms with Crippen LogP contribution in [0.15, 0.2) is 40.3 Å². The van der Waals surface area contributed by atoms with Crippen molar-refractivity contribution in [2.75, 3.05) is 6.54 Å². The Hall–Kier alpha value is -2.64. The standard InChI is InChI=1S/C15H19N5O3/c1-17-13(21)5-9-18(15(17)23)11-14(22)20-8-2-4-12(20)10-19-7-3-6-16-19/h3,5-7,9,12H,2,4,8,10-11H2,1H3/t12-/m1/s1. The second-order valence-electron chi connectivity index (χ2n) is 5.73. The highest BCUT2D eigenvalue weighted by Gasteiger charge is 2.29. The third-order valence-electron chi connectivity index (χ3n) is 4.22. The average molecular weight is 317 g/mol. The molecule has 0 saturated carbocycles. The van der Waals surface area contributed by atoms with E-state index in [0.717, 1.165) is 17.4 Å². The summed E-state index contributed by atoms with van der Waals surface area (Å²) in [5, 5.41) is 4.18. The van der Waals surface area contributed by atoms with Gasteiger partial charge in [-0.25, -0.2) is 4.79 Å². The first kappa shape index (κ1) is 15.3. The lowest BCUT2D eigenvalue weighted by molar-refractivity contribution is -0.133. The van der Waals surface area contributed by atoms with E-state index in [2.05, 4.69) is 5.10 Å². The van der Waals surface area contributed by atoms with Crippen LogP contribution in [0.4, 0.5) is 0 Å². The SMILES string of the molecule is Cn1c(=O)ccn(CC(=O)N2CCC[C@@H]2Cn2cccn2)c1=O. The van der Waals surface area contributed by atoms with Crippen LogP contribution >= 0.6 is 0 Å². The zero-order chi connectivity index (χ0) is 16.4. The first-order chi connectivity index (χ1) is 11.1. The third-order valence-corrected chi connectivity index (χ3v) is 4.22. The normalized spacial score (nSPS) is 17.6. The monoisotopic (exact) mass is 317 g/mol. The van der Waals surface area contributed by atoms with E-state index < -0.39 is 5.69 Å². The molecule has 0 aliphatic carbocycles. The Morgan fingerprint density at radius 2 is 2.17 bits per heavy atom. The zero-order valence-corrected chi connectivity index (χ0v) is 13.0. The first-order valence-corrected chi connectivity index (χ1v) is 7.59. The lowest BCUT2D eigenvalue weighted by atomic mass is 10.2. The predicted octanol–water partition coefficient (Wildman–Crippen LogP) is -0.565. The number of amides is 1. The summed E-state index contributed by atoms with van der Waals surface area (Å²) in [6, 6.07) is 3.23. The molecule has 122 valence electrons. The van der Waals surface area contributed by atoms with Gasteiger partial charge in [0.15, 0.2) is 0 Å². The predicted molar refractivity (Wildman–Crippen MR) is 82.9 cm³/mol. The van der Waals surface area contributed by atoms with Gasteiger partial charge < -0.3 is 4.90 Å². The summed E-state index contributed by atoms with van der Waals surface area (Å²) in [5.74, 6) is -0.111. The number of hydrogen-bond donors (Lipinski definition) is 0. The van der Waals surface area contributed by atoms with Crippen LogP contribution in [0.1, 0.15) is 12.8 Å². The highest BCUT2D eigenvalue weighted by Crippen LogP contribution is 2.19. The molecule has 1 aliphatic rings. The Balaban J connectivity index is 1.73. The Bertz CT molecular complexity index is 805. The Morgan fingerprint density at radius 1 is 1.35 bits per heavy atom. The molecule has 2 aromatic heterocycles. The molecule has 0 N–H and O–H groups in total. The van der Waals surface area contributed by atoms with Crippen LogP contribution in [-0.2, 0) is 24.9 Å². The van der Waals surface area contributed by atoms with Crippen molar-refractivity contribution in [1.29, 1.82) is 0 Å². The molecule has 1 fully saturated rings. The molecule has 3 rings (SSSR count). The molecule has 1 amide bonds. The van der Waals surface area contributed by atoms with Crippen LogP contribution in [0.3, 0.4) is 0 Å². The van der Waals surface area contributed by atoms with Gasteiger partial charge >= 0.3 is 5.69 Å². The van der Waals surface area contributed by atoms with E-state index >= 15 is 0 Å². The van der Waals surface area contributed by atoms with Gasteiger partial charge in [-0.2, -0.15) is 5.10 Å². The summed E-state index contributed by atoms with van der Waals surface area (Å²) < 4.78 is 4.08. The third kappa shape index (κ3) is 3.10. The van der Waals surface area contributed by atoms with Crippen LogP contribution in [0.2, 0.25) is 0 Å². The Morgan fingerprint density at radius 3 is 2.91 bits per heavy atom. The van der Waals surface area contributed by atoms with Crippen molar-refractivity contribution >= 4 is 5.91 Å². The number of rotatable bonds is 4. The van der Waals surface area contributed by atoms with E-state index in [-0.39, 0.29) is 24.1 Å². The van der Waals surface area contributed by atoms with E-state index in [1.165, 1.54) is 23.9 Å². The molecule has 23 heavy (non-hydrogen) atoms. The summed E-state index contributed by atoms with van der Waals surface area (Å²) in [7, 11) is 1.40. The second-order valence-corrected chi connectivity index (χ2v) is 5.73. The molecular weight excluding hydrogens is 298 g/mol. The number of hydrogen-bond acceptors (Lipinski definition) is 4. The highest BCUT2D eigenvalue weighted by atomic mass is 16.2. The van der Waals surface area contributed by atoms with E-state index in [1.807, 2.05) is 16.9 Å². The van der Waals surface area contributed by atoms with Gasteiger partial charge in [-0.15, -0.1) is 0 Å². The van der Waals surface area contributed by atoms with E-state index in [9.17, 15) is 14.4 Å². The van der Waals surface area contributed by atoms with Gasteiger partial charge in [0.1, 0.15) is 6.54 Å². The average Bonchev–Trinajstić information content (AvgIpc) is 3.20. The Labute approximate surface area is 132 Å². The molecule has 3 heterocycles. The lowest BCUT2D eigenvalue weighted by Crippen LogP contribution is -2.44. The van der Waals surface area contributed by atoms with Gasteiger partial charge in [0, 0.05) is 38.2 Å². The summed E-state index contributed by atoms with van der Waals surface area (Å²) in [4.78, 5) is 37.8. The molecule has 0 unspecified atom stereocenters. The van der Waals surface area contributed by atoms with Gasteiger partial charge in [-0.05, 0) is 18.9 Å². The lowest BCUT2D eigenvalue weighted by Gasteiger charge is -2.25. The van der Waals surface area contributed by atoms with Crippen LogP contribution < -0.4 is 11.2 Å².